The first kappa shape index (κ1) is 115. The van der Waals surface area contributed by atoms with Crippen LogP contribution in [0, 0.1) is 47.3 Å². The molecule has 0 aliphatic heterocycles. The van der Waals surface area contributed by atoms with E-state index >= 15 is 0 Å². The summed E-state index contributed by atoms with van der Waals surface area (Å²) in [6.45, 7) is 82.2. The van der Waals surface area contributed by atoms with E-state index in [9.17, 15) is 10.2 Å². The second-order valence-electron chi connectivity index (χ2n) is 53.0. The van der Waals surface area contributed by atoms with Gasteiger partial charge in [-0.15, -0.1) is 0 Å². The van der Waals surface area contributed by atoms with Gasteiger partial charge in [-0.05, 0) is 455 Å². The van der Waals surface area contributed by atoms with Crippen molar-refractivity contribution in [3.8, 4) is 46.0 Å². The van der Waals surface area contributed by atoms with Crippen LogP contribution in [0.2, 0.25) is 0 Å². The first-order valence-corrected chi connectivity index (χ1v) is 55.7. The van der Waals surface area contributed by atoms with Gasteiger partial charge in [0.25, 0.3) is 0 Å². The van der Waals surface area contributed by atoms with Crippen LogP contribution in [0.1, 0.15) is 535 Å². The Morgan fingerprint density at radius 1 is 0.271 bits per heavy atom. The number of rotatable bonds is 31. The molecule has 0 spiro atoms. The number of aliphatic hydroxyl groups is 2. The molecule has 2 N–H and O–H groups in total. The van der Waals surface area contributed by atoms with Crippen molar-refractivity contribution in [2.45, 2.75) is 513 Å². The van der Waals surface area contributed by atoms with Gasteiger partial charge in [-0.2, -0.15) is 0 Å². The zero-order valence-electron chi connectivity index (χ0n) is 96.0. The van der Waals surface area contributed by atoms with E-state index in [-0.39, 0.29) is 45.1 Å². The molecule has 780 valence electrons. The Kier molecular flexibility index (Phi) is 38.7. The SMILES string of the molecule is CC(C)c1cccc(C(C)C2(O)CC2)c1OC(C)(C)C.CC(C)c1cccc(C(C)C2CCC2)c1OC(C)(C)C.CC(C)c1cccc(C(C2CC2)C2CC2)c1OC(C)(C)C.CC(c1cccc(C(C)(C)O)c1OC(C)(C)C)C1CC1.CC(c1cccc(C(C)C2CC2)c1OC(C)(C)C)C1CC1.CCC(c1cccc(C(C)C)c1OC(C)(C)C)C1CC1.COc1cccc(C(C)C2CC2)c1OC(C)(C)C. The zero-order valence-corrected chi connectivity index (χ0v) is 96.0. The highest BCUT2D eigenvalue weighted by molar-refractivity contribution is 5.54. The molecule has 10 heteroatoms. The average Bonchev–Trinajstić information content (AvgIpc) is 1.62. The van der Waals surface area contributed by atoms with E-state index in [1.54, 1.807) is 7.11 Å². The van der Waals surface area contributed by atoms with Crippen molar-refractivity contribution in [1.29, 1.82) is 0 Å². The lowest BCUT2D eigenvalue weighted by Gasteiger charge is -2.35. The van der Waals surface area contributed by atoms with Crippen LogP contribution in [-0.2, 0) is 5.60 Å². The van der Waals surface area contributed by atoms with Crippen LogP contribution in [0.5, 0.6) is 46.0 Å². The summed E-state index contributed by atoms with van der Waals surface area (Å²) in [5, 5.41) is 20.9. The molecule has 16 rings (SSSR count). The van der Waals surface area contributed by atoms with Crippen LogP contribution in [-0.4, -0.2) is 62.1 Å². The number of methoxy groups -OCH3 is 1. The predicted octanol–water partition coefficient (Wildman–Crippen LogP) is 37.2. The molecule has 10 nitrogen and oxygen atoms in total. The van der Waals surface area contributed by atoms with Gasteiger partial charge in [0.15, 0.2) is 11.5 Å². The average molecular weight is 1920 g/mol. The van der Waals surface area contributed by atoms with Gasteiger partial charge in [-0.3, -0.25) is 0 Å². The molecule has 9 saturated carbocycles. The van der Waals surface area contributed by atoms with Crippen LogP contribution < -0.4 is 37.9 Å². The molecule has 0 heterocycles. The quantitative estimate of drug-likeness (QED) is 0.0435. The van der Waals surface area contributed by atoms with E-state index in [2.05, 4.69) is 358 Å². The summed E-state index contributed by atoms with van der Waals surface area (Å²) in [4.78, 5) is 0. The highest BCUT2D eigenvalue weighted by atomic mass is 16.5. The fraction of sp³-hybridized carbons (Fsp3) is 0.677. The maximum absolute atomic E-state index is 10.4. The van der Waals surface area contributed by atoms with E-state index in [0.29, 0.717) is 59.2 Å². The molecule has 0 amide bonds. The molecule has 0 aromatic heterocycles. The smallest absolute Gasteiger partial charge is 0.165 e. The molecule has 0 radical (unpaired) electrons. The van der Waals surface area contributed by atoms with Crippen molar-refractivity contribution < 1.29 is 48.1 Å². The van der Waals surface area contributed by atoms with Gasteiger partial charge < -0.3 is 48.1 Å². The minimum Gasteiger partial charge on any atom is -0.493 e. The Morgan fingerprint density at radius 3 is 0.771 bits per heavy atom. The number of hydrogen-bond acceptors (Lipinski definition) is 10. The summed E-state index contributed by atoms with van der Waals surface area (Å²) in [6, 6.07) is 45.8. The lowest BCUT2D eigenvalue weighted by molar-refractivity contribution is 0.0651. The number of hydrogen-bond donors (Lipinski definition) is 2. The first-order chi connectivity index (χ1) is 65.0. The molecular weight excluding hydrogens is 1720 g/mol. The lowest BCUT2D eigenvalue weighted by Crippen LogP contribution is -2.27. The highest BCUT2D eigenvalue weighted by Crippen LogP contribution is 2.60. The van der Waals surface area contributed by atoms with E-state index in [1.165, 1.54) is 188 Å². The van der Waals surface area contributed by atoms with Crippen molar-refractivity contribution in [2.24, 2.45) is 47.3 Å². The largest absolute Gasteiger partial charge is 0.493 e. The van der Waals surface area contributed by atoms with Crippen LogP contribution >= 0.6 is 0 Å². The van der Waals surface area contributed by atoms with Gasteiger partial charge in [0.2, 0.25) is 0 Å². The minimum absolute atomic E-state index is 0.124. The predicted molar refractivity (Wildman–Crippen MR) is 593 cm³/mol. The number of benzene rings is 7. The topological polar surface area (TPSA) is 114 Å². The Labute approximate surface area is 855 Å². The van der Waals surface area contributed by atoms with Gasteiger partial charge in [-0.25, -0.2) is 0 Å². The first-order valence-electron chi connectivity index (χ1n) is 55.7. The van der Waals surface area contributed by atoms with Gasteiger partial charge >= 0.3 is 0 Å². The van der Waals surface area contributed by atoms with Crippen LogP contribution in [0.3, 0.4) is 0 Å². The minimum atomic E-state index is -0.889. The number of ether oxygens (including phenoxy) is 8. The molecule has 9 aliphatic carbocycles. The summed E-state index contributed by atoms with van der Waals surface area (Å²) in [5.74, 6) is 21.6. The van der Waals surface area contributed by atoms with Crippen LogP contribution in [0.15, 0.2) is 127 Å². The van der Waals surface area contributed by atoms with E-state index in [1.807, 2.05) is 32.0 Å². The normalized spacial score (nSPS) is 18.8. The van der Waals surface area contributed by atoms with Crippen LogP contribution in [0.4, 0.5) is 0 Å². The van der Waals surface area contributed by atoms with Crippen molar-refractivity contribution in [1.82, 2.24) is 0 Å². The monoisotopic (exact) mass is 1920 g/mol. The Hall–Kier alpha value is -7.14. The molecule has 0 saturated heterocycles. The highest BCUT2D eigenvalue weighted by Gasteiger charge is 2.49. The molecule has 7 aromatic rings. The van der Waals surface area contributed by atoms with Gasteiger partial charge in [0, 0.05) is 22.6 Å². The van der Waals surface area contributed by atoms with Crippen LogP contribution in [0.25, 0.3) is 0 Å². The maximum atomic E-state index is 10.4. The van der Waals surface area contributed by atoms with Crippen molar-refractivity contribution >= 4 is 0 Å². The van der Waals surface area contributed by atoms with E-state index in [4.69, 9.17) is 37.9 Å². The second kappa shape index (κ2) is 47.1. The van der Waals surface area contributed by atoms with Gasteiger partial charge in [0.05, 0.1) is 18.3 Å². The molecule has 7 unspecified atom stereocenters. The molecule has 9 fully saturated rings. The zero-order chi connectivity index (χ0) is 104. The Balaban J connectivity index is 0.000000168. The Bertz CT molecular complexity index is 4910. The molecule has 140 heavy (non-hydrogen) atoms. The summed E-state index contributed by atoms with van der Waals surface area (Å²) in [5.41, 5.74) is 14.5. The molecule has 7 atom stereocenters. The third-order valence-electron chi connectivity index (χ3n) is 30.0. The lowest BCUT2D eigenvalue weighted by atomic mass is 9.73. The fourth-order valence-corrected chi connectivity index (χ4v) is 20.6. The van der Waals surface area contributed by atoms with Gasteiger partial charge in [-0.1, -0.05) is 232 Å². The Morgan fingerprint density at radius 2 is 0.500 bits per heavy atom. The second-order valence-corrected chi connectivity index (χ2v) is 53.0. The molecular formula is C130H200O10. The maximum Gasteiger partial charge on any atom is 0.165 e. The fourth-order valence-electron chi connectivity index (χ4n) is 20.6. The third-order valence-corrected chi connectivity index (χ3v) is 30.0. The summed E-state index contributed by atoms with van der Waals surface area (Å²) >= 11 is 0. The van der Waals surface area contributed by atoms with E-state index < -0.39 is 11.2 Å². The van der Waals surface area contributed by atoms with Gasteiger partial charge in [0.1, 0.15) is 73.7 Å². The third kappa shape index (κ3) is 34.2. The van der Waals surface area contributed by atoms with Crippen molar-refractivity contribution in [3.05, 3.63) is 200 Å². The molecule has 7 aromatic carbocycles. The standard InChI is InChI=1S/2C20H30O.2C19H30O.2C18H28O2.C16H24O2/c1-13(15-9-10-15)17-7-6-8-18(14(2)16-11-12-16)19(17)21-20(3,4)5;1-13(2)16-7-6-8-17(19(16)21-20(3,4)5)18(14-9-10-14)15-11-12-15;1-13(2)16-11-8-12-17(14(3)15-9-7-10-15)18(16)20-19(4,5)6;1-7-15(14-11-12-14)17-10-8-9-16(13(2)3)18(17)20-19(4,5)6;1-12(13-10-11-13)14-8-7-9-15(18(5,6)19)16(14)20-17(2,3)4;1-12(2)14-8-7-9-15(13(3)18(19)10-11-18)16(14)20-17(4,5)6;1-11(12-9-10-12)13-7-6-8-14(17-5)15(13)18-16(2,3)4/h6-8,13-16H,9-12H2,1-5H3;6-8,13-15,18H,9-12H2,1-5H3;8,11-15H,7,9-10H2,1-6H3;8-10,13-15H,7,11-12H2,1-6H3;2*7-9,12-13,19H,10-11H2,1-6H3;6-8,11-12H,9-10H2,1-5H3. The summed E-state index contributed by atoms with van der Waals surface area (Å²) in [6.07, 6.45) is 26.5. The van der Waals surface area contributed by atoms with E-state index in [0.717, 1.165) is 112 Å². The molecule has 9 aliphatic rings. The van der Waals surface area contributed by atoms with Crippen molar-refractivity contribution in [2.75, 3.05) is 7.11 Å². The summed E-state index contributed by atoms with van der Waals surface area (Å²) < 4.78 is 49.7. The molecule has 0 bridgehead atoms. The number of para-hydroxylation sites is 7. The van der Waals surface area contributed by atoms with Crippen molar-refractivity contribution in [3.63, 3.8) is 0 Å². The summed E-state index contributed by atoms with van der Waals surface area (Å²) in [7, 11) is 1.70.